The van der Waals surface area contributed by atoms with E-state index in [1.165, 1.54) is 18.9 Å². The Bertz CT molecular complexity index is 707. The highest BCUT2D eigenvalue weighted by Crippen LogP contribution is 2.49. The quantitative estimate of drug-likeness (QED) is 0.745. The molecule has 0 heterocycles. The third kappa shape index (κ3) is 4.50. The molecule has 0 saturated heterocycles. The number of fused-ring (bicyclic) bond motifs is 2. The molecule has 2 bridgehead atoms. The minimum Gasteiger partial charge on any atom is -0.456 e. The Morgan fingerprint density at radius 1 is 1.23 bits per heavy atom. The molecule has 1 amide bonds. The highest BCUT2D eigenvalue weighted by molar-refractivity contribution is 6.31. The molecule has 0 aromatic heterocycles. The van der Waals surface area contributed by atoms with Gasteiger partial charge in [0.05, 0.1) is 10.6 Å². The van der Waals surface area contributed by atoms with E-state index in [9.17, 15) is 22.8 Å². The van der Waals surface area contributed by atoms with E-state index < -0.39 is 35.2 Å². The van der Waals surface area contributed by atoms with Crippen LogP contribution in [0.15, 0.2) is 18.2 Å². The summed E-state index contributed by atoms with van der Waals surface area (Å²) in [5.74, 6) is 0.492. The van der Waals surface area contributed by atoms with E-state index in [4.69, 9.17) is 16.3 Å². The van der Waals surface area contributed by atoms with Crippen molar-refractivity contribution in [1.82, 2.24) is 0 Å². The lowest BCUT2D eigenvalue weighted by molar-refractivity contribution is -0.148. The predicted octanol–water partition coefficient (Wildman–Crippen LogP) is 4.67. The van der Waals surface area contributed by atoms with Crippen LogP contribution in [-0.2, 0) is 20.5 Å². The Morgan fingerprint density at radius 3 is 2.62 bits per heavy atom. The van der Waals surface area contributed by atoms with E-state index in [0.29, 0.717) is 24.2 Å². The van der Waals surface area contributed by atoms with Crippen LogP contribution in [0.1, 0.15) is 37.7 Å². The van der Waals surface area contributed by atoms with Crippen LogP contribution in [0, 0.1) is 17.8 Å². The Labute approximate surface area is 154 Å². The second-order valence-electron chi connectivity index (χ2n) is 7.04. The molecular formula is C18H19ClF3NO3. The molecule has 142 valence electrons. The van der Waals surface area contributed by atoms with Gasteiger partial charge < -0.3 is 10.1 Å². The number of carbonyl (C=O) groups excluding carboxylic acids is 2. The minimum atomic E-state index is -4.62. The Morgan fingerprint density at radius 2 is 2.00 bits per heavy atom. The van der Waals surface area contributed by atoms with Crippen molar-refractivity contribution in [3.63, 3.8) is 0 Å². The summed E-state index contributed by atoms with van der Waals surface area (Å²) in [7, 11) is 0. The van der Waals surface area contributed by atoms with E-state index in [2.05, 4.69) is 5.32 Å². The SMILES string of the molecule is O=C(COC(=O)C[C@H]1C[C@@H]2CC[C@@H]1C2)Nc1ccc(Cl)c(C(F)(F)F)c1. The number of benzene rings is 1. The summed E-state index contributed by atoms with van der Waals surface area (Å²) in [6, 6.07) is 3.06. The molecule has 4 nitrogen and oxygen atoms in total. The number of alkyl halides is 3. The first-order chi connectivity index (χ1) is 12.2. The molecule has 1 aromatic rings. The van der Waals surface area contributed by atoms with E-state index in [-0.39, 0.29) is 5.69 Å². The molecule has 3 atom stereocenters. The Kier molecular flexibility index (Phi) is 5.46. The molecule has 0 aliphatic heterocycles. The normalized spacial score (nSPS) is 24.5. The van der Waals surface area contributed by atoms with Gasteiger partial charge in [0.15, 0.2) is 6.61 Å². The molecule has 3 rings (SSSR count). The lowest BCUT2D eigenvalue weighted by Gasteiger charge is -2.20. The third-order valence-corrected chi connectivity index (χ3v) is 5.56. The molecule has 1 N–H and O–H groups in total. The molecule has 0 unspecified atom stereocenters. The number of nitrogens with one attached hydrogen (secondary N) is 1. The van der Waals surface area contributed by atoms with Gasteiger partial charge in [-0.05, 0) is 55.2 Å². The van der Waals surface area contributed by atoms with Crippen LogP contribution in [0.5, 0.6) is 0 Å². The molecule has 2 aliphatic carbocycles. The smallest absolute Gasteiger partial charge is 0.417 e. The maximum Gasteiger partial charge on any atom is 0.417 e. The molecule has 2 fully saturated rings. The minimum absolute atomic E-state index is 0.0594. The molecule has 1 aromatic carbocycles. The molecule has 0 radical (unpaired) electrons. The van der Waals surface area contributed by atoms with Crippen LogP contribution in [0.2, 0.25) is 5.02 Å². The second kappa shape index (κ2) is 7.47. The monoisotopic (exact) mass is 389 g/mol. The van der Waals surface area contributed by atoms with Gasteiger partial charge in [-0.15, -0.1) is 0 Å². The van der Waals surface area contributed by atoms with E-state index >= 15 is 0 Å². The lowest BCUT2D eigenvalue weighted by atomic mass is 9.86. The zero-order valence-electron chi connectivity index (χ0n) is 13.9. The van der Waals surface area contributed by atoms with Crippen molar-refractivity contribution in [1.29, 1.82) is 0 Å². The first-order valence-corrected chi connectivity index (χ1v) is 8.92. The van der Waals surface area contributed by atoms with Crippen molar-refractivity contribution in [3.05, 3.63) is 28.8 Å². The number of hydrogen-bond donors (Lipinski definition) is 1. The van der Waals surface area contributed by atoms with Crippen molar-refractivity contribution < 1.29 is 27.5 Å². The van der Waals surface area contributed by atoms with Crippen LogP contribution >= 0.6 is 11.6 Å². The summed E-state index contributed by atoms with van der Waals surface area (Å²) in [6.07, 6.45) is 0.285. The van der Waals surface area contributed by atoms with Gasteiger partial charge in [0.25, 0.3) is 5.91 Å². The molecular weight excluding hydrogens is 371 g/mol. The third-order valence-electron chi connectivity index (χ3n) is 5.23. The number of esters is 1. The number of rotatable bonds is 5. The largest absolute Gasteiger partial charge is 0.456 e. The van der Waals surface area contributed by atoms with Crippen molar-refractivity contribution >= 4 is 29.2 Å². The van der Waals surface area contributed by atoms with Crippen molar-refractivity contribution in [3.8, 4) is 0 Å². The van der Waals surface area contributed by atoms with E-state index in [1.54, 1.807) is 0 Å². The molecule has 8 heteroatoms. The zero-order chi connectivity index (χ0) is 18.9. The van der Waals surface area contributed by atoms with Crippen LogP contribution < -0.4 is 5.32 Å². The van der Waals surface area contributed by atoms with Gasteiger partial charge in [-0.1, -0.05) is 18.0 Å². The van der Waals surface area contributed by atoms with Gasteiger partial charge in [-0.25, -0.2) is 0 Å². The summed E-state index contributed by atoms with van der Waals surface area (Å²) in [5, 5.41) is 1.83. The maximum atomic E-state index is 12.8. The zero-order valence-corrected chi connectivity index (χ0v) is 14.7. The fourth-order valence-corrected chi connectivity index (χ4v) is 4.29. The van der Waals surface area contributed by atoms with Crippen molar-refractivity contribution in [2.75, 3.05) is 11.9 Å². The number of halogens is 4. The van der Waals surface area contributed by atoms with Crippen LogP contribution in [0.3, 0.4) is 0 Å². The van der Waals surface area contributed by atoms with Gasteiger partial charge in [-0.2, -0.15) is 13.2 Å². The lowest BCUT2D eigenvalue weighted by Crippen LogP contribution is -2.23. The summed E-state index contributed by atoms with van der Waals surface area (Å²) in [4.78, 5) is 23.7. The second-order valence-corrected chi connectivity index (χ2v) is 7.45. The van der Waals surface area contributed by atoms with E-state index in [0.717, 1.165) is 25.0 Å². The van der Waals surface area contributed by atoms with Gasteiger partial charge in [-0.3, -0.25) is 9.59 Å². The fraction of sp³-hybridized carbons (Fsp3) is 0.556. The van der Waals surface area contributed by atoms with E-state index in [1.807, 2.05) is 0 Å². The first kappa shape index (κ1) is 19.0. The van der Waals surface area contributed by atoms with Crippen LogP contribution in [0.4, 0.5) is 18.9 Å². The summed E-state index contributed by atoms with van der Waals surface area (Å²) in [6.45, 7) is -0.524. The fourth-order valence-electron chi connectivity index (χ4n) is 4.06. The number of carbonyl (C=O) groups is 2. The molecule has 0 spiro atoms. The number of amides is 1. The maximum absolute atomic E-state index is 12.8. The average molecular weight is 390 g/mol. The number of ether oxygens (including phenoxy) is 1. The molecule has 2 aliphatic rings. The van der Waals surface area contributed by atoms with Gasteiger partial charge in [0.1, 0.15) is 0 Å². The highest BCUT2D eigenvalue weighted by atomic mass is 35.5. The Balaban J connectivity index is 1.47. The number of anilines is 1. The molecule has 26 heavy (non-hydrogen) atoms. The molecule has 2 saturated carbocycles. The standard InChI is InChI=1S/C18H19ClF3NO3/c19-15-4-3-13(8-14(15)18(20,21)22)23-16(24)9-26-17(25)7-12-6-10-1-2-11(12)5-10/h3-4,8,10-12H,1-2,5-7,9H2,(H,23,24)/t10-,11-,12-/m1/s1. The summed E-state index contributed by atoms with van der Waals surface area (Å²) < 4.78 is 43.4. The van der Waals surface area contributed by atoms with Gasteiger partial charge in [0.2, 0.25) is 0 Å². The first-order valence-electron chi connectivity index (χ1n) is 8.54. The topological polar surface area (TPSA) is 55.4 Å². The van der Waals surface area contributed by atoms with Crippen molar-refractivity contribution in [2.45, 2.75) is 38.3 Å². The van der Waals surface area contributed by atoms with Crippen LogP contribution in [-0.4, -0.2) is 18.5 Å². The van der Waals surface area contributed by atoms with Gasteiger partial charge >= 0.3 is 12.1 Å². The number of hydrogen-bond acceptors (Lipinski definition) is 3. The van der Waals surface area contributed by atoms with Gasteiger partial charge in [0, 0.05) is 12.1 Å². The predicted molar refractivity (Wildman–Crippen MR) is 89.6 cm³/mol. The highest BCUT2D eigenvalue weighted by Gasteiger charge is 2.40. The average Bonchev–Trinajstić information content (AvgIpc) is 3.16. The van der Waals surface area contributed by atoms with Crippen LogP contribution in [0.25, 0.3) is 0 Å². The summed E-state index contributed by atoms with van der Waals surface area (Å²) >= 11 is 5.53. The Hall–Kier alpha value is -1.76. The summed E-state index contributed by atoms with van der Waals surface area (Å²) in [5.41, 5.74) is -1.10. The van der Waals surface area contributed by atoms with Crippen molar-refractivity contribution in [2.24, 2.45) is 17.8 Å².